The minimum Gasteiger partial charge on any atom is -0.349 e. The summed E-state index contributed by atoms with van der Waals surface area (Å²) >= 11 is 0. The lowest BCUT2D eigenvalue weighted by atomic mass is 10.3. The highest BCUT2D eigenvalue weighted by Crippen LogP contribution is 2.13. The van der Waals surface area contributed by atoms with Crippen LogP contribution in [0.4, 0.5) is 5.69 Å². The number of hydrogen-bond acceptors (Lipinski definition) is 6. The lowest BCUT2D eigenvalue weighted by Gasteiger charge is -2.09. The van der Waals surface area contributed by atoms with E-state index in [2.05, 4.69) is 25.3 Å². The van der Waals surface area contributed by atoms with Crippen molar-refractivity contribution in [1.29, 1.82) is 0 Å². The van der Waals surface area contributed by atoms with E-state index in [1.54, 1.807) is 0 Å². The smallest absolute Gasteiger partial charge is 0.271 e. The maximum atomic E-state index is 12.1. The summed E-state index contributed by atoms with van der Waals surface area (Å²) in [4.78, 5) is 30.4. The molecule has 0 saturated carbocycles. The molecule has 2 aromatic rings. The van der Waals surface area contributed by atoms with Gasteiger partial charge < -0.3 is 10.6 Å². The van der Waals surface area contributed by atoms with E-state index in [4.69, 9.17) is 0 Å². The Morgan fingerprint density at radius 2 is 1.80 bits per heavy atom. The van der Waals surface area contributed by atoms with Crippen molar-refractivity contribution in [2.24, 2.45) is 0 Å². The van der Waals surface area contributed by atoms with Gasteiger partial charge in [0, 0.05) is 38.1 Å². The number of carbonyl (C=O) groups is 2. The number of hydrogen-bond donors (Lipinski definition) is 3. The Morgan fingerprint density at radius 1 is 1.08 bits per heavy atom. The normalized spacial score (nSPS) is 10.9. The summed E-state index contributed by atoms with van der Waals surface area (Å²) in [6, 6.07) is 5.75. The zero-order valence-electron chi connectivity index (χ0n) is 13.4. The topological polar surface area (TPSA) is 130 Å². The average molecular weight is 363 g/mol. The first-order valence-corrected chi connectivity index (χ1v) is 8.78. The molecule has 1 aromatic heterocycles. The van der Waals surface area contributed by atoms with Crippen LogP contribution in [0, 0.1) is 0 Å². The maximum absolute atomic E-state index is 12.1. The summed E-state index contributed by atoms with van der Waals surface area (Å²) in [6.07, 6.45) is 4.15. The van der Waals surface area contributed by atoms with Crippen LogP contribution in [0.3, 0.4) is 0 Å². The molecule has 0 spiro atoms. The molecule has 9 nitrogen and oxygen atoms in total. The van der Waals surface area contributed by atoms with Crippen LogP contribution in [0.25, 0.3) is 0 Å². The highest BCUT2D eigenvalue weighted by Gasteiger charge is 2.13. The van der Waals surface area contributed by atoms with Gasteiger partial charge in [-0.15, -0.1) is 0 Å². The minimum absolute atomic E-state index is 0.0157. The number of rotatable bonds is 7. The molecule has 25 heavy (non-hydrogen) atoms. The van der Waals surface area contributed by atoms with Gasteiger partial charge in [0.25, 0.3) is 5.91 Å². The third kappa shape index (κ3) is 5.62. The molecule has 0 atom stereocenters. The summed E-state index contributed by atoms with van der Waals surface area (Å²) in [5.74, 6) is -0.681. The van der Waals surface area contributed by atoms with Gasteiger partial charge in [-0.1, -0.05) is 0 Å². The summed E-state index contributed by atoms with van der Waals surface area (Å²) in [7, 11) is -3.71. The van der Waals surface area contributed by atoms with Crippen molar-refractivity contribution in [2.75, 3.05) is 18.4 Å². The summed E-state index contributed by atoms with van der Waals surface area (Å²) in [6.45, 7) is 1.47. The van der Waals surface area contributed by atoms with Crippen LogP contribution in [-0.4, -0.2) is 43.3 Å². The van der Waals surface area contributed by atoms with Gasteiger partial charge in [-0.2, -0.15) is 0 Å². The number of amides is 2. The molecule has 2 amide bonds. The van der Waals surface area contributed by atoms with Crippen LogP contribution in [0.1, 0.15) is 17.4 Å². The molecular formula is C15H17N5O4S. The Hall–Kier alpha value is -2.85. The number of benzene rings is 1. The highest BCUT2D eigenvalue weighted by molar-refractivity contribution is 7.89. The van der Waals surface area contributed by atoms with E-state index < -0.39 is 15.9 Å². The van der Waals surface area contributed by atoms with Gasteiger partial charge in [0.2, 0.25) is 15.9 Å². The van der Waals surface area contributed by atoms with Crippen LogP contribution in [0.2, 0.25) is 0 Å². The molecule has 0 saturated heterocycles. The molecular weight excluding hydrogens is 346 g/mol. The molecule has 2 rings (SSSR count). The van der Waals surface area contributed by atoms with Crippen molar-refractivity contribution >= 4 is 27.5 Å². The molecule has 132 valence electrons. The fourth-order valence-electron chi connectivity index (χ4n) is 1.87. The summed E-state index contributed by atoms with van der Waals surface area (Å²) in [5, 5.41) is 5.09. The van der Waals surface area contributed by atoms with E-state index in [1.807, 2.05) is 0 Å². The molecule has 10 heteroatoms. The molecule has 1 aromatic carbocycles. The van der Waals surface area contributed by atoms with Crippen LogP contribution < -0.4 is 15.4 Å². The zero-order valence-corrected chi connectivity index (χ0v) is 14.2. The molecule has 0 aliphatic rings. The van der Waals surface area contributed by atoms with Gasteiger partial charge in [0.15, 0.2) is 0 Å². The van der Waals surface area contributed by atoms with Gasteiger partial charge in [-0.05, 0) is 24.3 Å². The fraction of sp³-hybridized carbons (Fsp3) is 0.200. The Labute approximate surface area is 144 Å². The first kappa shape index (κ1) is 18.5. The molecule has 0 aliphatic carbocycles. The van der Waals surface area contributed by atoms with E-state index >= 15 is 0 Å². The molecule has 0 fully saturated rings. The van der Waals surface area contributed by atoms with E-state index in [0.717, 1.165) is 0 Å². The van der Waals surface area contributed by atoms with E-state index in [0.29, 0.717) is 5.69 Å². The van der Waals surface area contributed by atoms with E-state index in [9.17, 15) is 18.0 Å². The van der Waals surface area contributed by atoms with Crippen LogP contribution in [0.15, 0.2) is 47.8 Å². The fourth-order valence-corrected chi connectivity index (χ4v) is 2.90. The van der Waals surface area contributed by atoms with Gasteiger partial charge in [-0.3, -0.25) is 14.6 Å². The van der Waals surface area contributed by atoms with Crippen LogP contribution >= 0.6 is 0 Å². The van der Waals surface area contributed by atoms with Gasteiger partial charge >= 0.3 is 0 Å². The Kier molecular flexibility index (Phi) is 6.14. The Bertz CT molecular complexity index is 838. The average Bonchev–Trinajstić information content (AvgIpc) is 2.59. The number of nitrogens with zero attached hydrogens (tertiary/aromatic N) is 2. The Balaban J connectivity index is 1.85. The molecule has 0 radical (unpaired) electrons. The first-order chi connectivity index (χ1) is 11.9. The molecule has 0 unspecified atom stereocenters. The van der Waals surface area contributed by atoms with Crippen molar-refractivity contribution in [2.45, 2.75) is 11.8 Å². The van der Waals surface area contributed by atoms with Crippen LogP contribution in [0.5, 0.6) is 0 Å². The van der Waals surface area contributed by atoms with Crippen molar-refractivity contribution in [3.8, 4) is 0 Å². The van der Waals surface area contributed by atoms with Crippen molar-refractivity contribution in [3.63, 3.8) is 0 Å². The minimum atomic E-state index is -3.71. The third-order valence-corrected chi connectivity index (χ3v) is 4.46. The van der Waals surface area contributed by atoms with Crippen molar-refractivity contribution in [1.82, 2.24) is 20.0 Å². The SMILES string of the molecule is CC(=O)Nc1ccc(S(=O)(=O)NCCNC(=O)c2cnccn2)cc1. The number of carbonyl (C=O) groups excluding carboxylic acids is 2. The number of anilines is 1. The molecule has 3 N–H and O–H groups in total. The molecule has 0 bridgehead atoms. The predicted molar refractivity (Wildman–Crippen MR) is 90.3 cm³/mol. The van der Waals surface area contributed by atoms with Gasteiger partial charge in [-0.25, -0.2) is 18.1 Å². The summed E-state index contributed by atoms with van der Waals surface area (Å²) in [5.41, 5.74) is 0.654. The monoisotopic (exact) mass is 363 g/mol. The number of nitrogens with one attached hydrogen (secondary N) is 3. The zero-order chi connectivity index (χ0) is 18.3. The second-order valence-corrected chi connectivity index (χ2v) is 6.72. The third-order valence-electron chi connectivity index (χ3n) is 2.98. The second kappa shape index (κ2) is 8.31. The largest absolute Gasteiger partial charge is 0.349 e. The second-order valence-electron chi connectivity index (χ2n) is 4.95. The highest BCUT2D eigenvalue weighted by atomic mass is 32.2. The Morgan fingerprint density at radius 3 is 2.40 bits per heavy atom. The molecule has 1 heterocycles. The van der Waals surface area contributed by atoms with E-state index in [1.165, 1.54) is 49.8 Å². The standard InChI is InChI=1S/C15H17N5O4S/c1-11(21)20-12-2-4-13(5-3-12)25(23,24)19-9-8-18-15(22)14-10-16-6-7-17-14/h2-7,10,19H,8-9H2,1H3,(H,18,22)(H,20,21). The molecule has 0 aliphatic heterocycles. The van der Waals surface area contributed by atoms with Crippen molar-refractivity contribution in [3.05, 3.63) is 48.5 Å². The summed E-state index contributed by atoms with van der Waals surface area (Å²) < 4.78 is 26.7. The maximum Gasteiger partial charge on any atom is 0.271 e. The number of aromatic nitrogens is 2. The lowest BCUT2D eigenvalue weighted by Crippen LogP contribution is -2.35. The van der Waals surface area contributed by atoms with Gasteiger partial charge in [0.05, 0.1) is 11.1 Å². The van der Waals surface area contributed by atoms with Crippen molar-refractivity contribution < 1.29 is 18.0 Å². The first-order valence-electron chi connectivity index (χ1n) is 7.30. The predicted octanol–water partition coefficient (Wildman–Crippen LogP) is 0.143. The number of sulfonamides is 1. The quantitative estimate of drug-likeness (QED) is 0.600. The van der Waals surface area contributed by atoms with Crippen LogP contribution in [-0.2, 0) is 14.8 Å². The van der Waals surface area contributed by atoms with E-state index in [-0.39, 0.29) is 29.6 Å². The lowest BCUT2D eigenvalue weighted by molar-refractivity contribution is -0.114. The van der Waals surface area contributed by atoms with Gasteiger partial charge in [0.1, 0.15) is 5.69 Å².